The van der Waals surface area contributed by atoms with Gasteiger partial charge in [-0.05, 0) is 165 Å². The molecule has 0 nitrogen and oxygen atoms in total. The fraction of sp³-hybridized carbons (Fsp3) is 0.800. The van der Waals surface area contributed by atoms with Crippen LogP contribution in [0.2, 0.25) is 0 Å². The van der Waals surface area contributed by atoms with Crippen molar-refractivity contribution >= 4 is 0 Å². The number of fused-ring (bicyclic) bond motifs is 1. The molecule has 1 aromatic rings. The van der Waals surface area contributed by atoms with Gasteiger partial charge in [-0.3, -0.25) is 0 Å². The van der Waals surface area contributed by atoms with Gasteiger partial charge < -0.3 is 0 Å². The Bertz CT molecular complexity index is 840. The van der Waals surface area contributed by atoms with Gasteiger partial charge in [0.25, 0.3) is 0 Å². The van der Waals surface area contributed by atoms with Crippen LogP contribution in [-0.2, 0) is 18.3 Å². The van der Waals surface area contributed by atoms with Gasteiger partial charge >= 0.3 is 0 Å². The molecule has 0 N–H and O–H groups in total. The Morgan fingerprint density at radius 3 is 1.90 bits per heavy atom. The van der Waals surface area contributed by atoms with Crippen molar-refractivity contribution in [3.05, 3.63) is 34.9 Å². The molecule has 2 atom stereocenters. The highest BCUT2D eigenvalue weighted by molar-refractivity contribution is 5.44. The number of benzene rings is 1. The quantitative estimate of drug-likeness (QED) is 0.479. The first-order valence-corrected chi connectivity index (χ1v) is 13.8. The SMILES string of the molecule is c1cc2c(c(C34CC5CC(C3)CC(C36CC7CC(CC(C7)C3)C6)(C5)C4)c1)CCCC2. The number of rotatable bonds is 2. The van der Waals surface area contributed by atoms with Crippen LogP contribution in [-0.4, -0.2) is 0 Å². The minimum absolute atomic E-state index is 0.566. The van der Waals surface area contributed by atoms with E-state index in [2.05, 4.69) is 18.2 Å². The van der Waals surface area contributed by atoms with Crippen LogP contribution >= 0.6 is 0 Å². The molecule has 1 aromatic carbocycles. The lowest BCUT2D eigenvalue weighted by molar-refractivity contribution is -0.206. The number of hydrogen-bond acceptors (Lipinski definition) is 0. The molecular formula is C30H40. The summed E-state index contributed by atoms with van der Waals surface area (Å²) in [5, 5.41) is 0. The topological polar surface area (TPSA) is 0 Å². The highest BCUT2D eigenvalue weighted by atomic mass is 14.7. The molecule has 160 valence electrons. The second-order valence-corrected chi connectivity index (χ2v) is 13.9. The first-order chi connectivity index (χ1) is 14.6. The molecular weight excluding hydrogens is 360 g/mol. The van der Waals surface area contributed by atoms with Crippen molar-refractivity contribution in [2.24, 2.45) is 40.4 Å². The third-order valence-corrected chi connectivity index (χ3v) is 12.2. The smallest absolute Gasteiger partial charge is 0.00334 e. The third-order valence-electron chi connectivity index (χ3n) is 12.2. The van der Waals surface area contributed by atoms with Crippen molar-refractivity contribution in [2.45, 2.75) is 108 Å². The molecule has 0 amide bonds. The zero-order valence-electron chi connectivity index (χ0n) is 18.9. The molecule has 8 bridgehead atoms. The summed E-state index contributed by atoms with van der Waals surface area (Å²) in [4.78, 5) is 0. The molecule has 0 heterocycles. The molecule has 0 aliphatic heterocycles. The van der Waals surface area contributed by atoms with Crippen molar-refractivity contribution in [1.29, 1.82) is 0 Å². The van der Waals surface area contributed by atoms with Crippen molar-refractivity contribution < 1.29 is 0 Å². The molecule has 9 aliphatic carbocycles. The van der Waals surface area contributed by atoms with Crippen LogP contribution < -0.4 is 0 Å². The maximum absolute atomic E-state index is 2.63. The van der Waals surface area contributed by atoms with Gasteiger partial charge in [0.2, 0.25) is 0 Å². The first-order valence-electron chi connectivity index (χ1n) is 13.8. The van der Waals surface area contributed by atoms with Crippen molar-refractivity contribution in [2.75, 3.05) is 0 Å². The van der Waals surface area contributed by atoms with E-state index in [9.17, 15) is 0 Å². The van der Waals surface area contributed by atoms with Crippen LogP contribution in [0.1, 0.15) is 107 Å². The summed E-state index contributed by atoms with van der Waals surface area (Å²) in [6, 6.07) is 7.56. The third kappa shape index (κ3) is 2.20. The average Bonchev–Trinajstić information content (AvgIpc) is 2.71. The standard InChI is InChI=1S/C30H40/c1-2-6-26-25(4-1)5-3-7-27(26)28-12-23-11-24(13-28)18-30(17-23,19-28)29-14-20-8-21(15-29)10-22(9-20)16-29/h3,5,7,20-24H,1-2,4,6,8-19H2. The molecule has 0 aromatic heterocycles. The Kier molecular flexibility index (Phi) is 3.41. The van der Waals surface area contributed by atoms with E-state index in [1.54, 1.807) is 82.6 Å². The molecule has 8 fully saturated rings. The second kappa shape index (κ2) is 5.77. The van der Waals surface area contributed by atoms with E-state index >= 15 is 0 Å². The lowest BCUT2D eigenvalue weighted by atomic mass is 9.32. The Labute approximate surface area is 183 Å². The van der Waals surface area contributed by atoms with E-state index < -0.39 is 0 Å². The fourth-order valence-corrected chi connectivity index (χ4v) is 12.2. The van der Waals surface area contributed by atoms with Gasteiger partial charge in [-0.1, -0.05) is 18.2 Å². The van der Waals surface area contributed by atoms with Gasteiger partial charge in [-0.15, -0.1) is 0 Å². The lowest BCUT2D eigenvalue weighted by Gasteiger charge is -2.72. The predicted molar refractivity (Wildman–Crippen MR) is 122 cm³/mol. The Morgan fingerprint density at radius 1 is 0.600 bits per heavy atom. The highest BCUT2D eigenvalue weighted by Gasteiger charge is 2.67. The van der Waals surface area contributed by atoms with Crippen LogP contribution in [0.25, 0.3) is 0 Å². The van der Waals surface area contributed by atoms with Crippen molar-refractivity contribution in [1.82, 2.24) is 0 Å². The zero-order chi connectivity index (χ0) is 19.6. The molecule has 0 heteroatoms. The van der Waals surface area contributed by atoms with Crippen LogP contribution in [0.15, 0.2) is 18.2 Å². The summed E-state index contributed by atoms with van der Waals surface area (Å²) in [6.45, 7) is 0. The molecule has 8 saturated carbocycles. The van der Waals surface area contributed by atoms with E-state index in [1.807, 2.05) is 11.1 Å². The van der Waals surface area contributed by atoms with Crippen LogP contribution in [0.5, 0.6) is 0 Å². The van der Waals surface area contributed by atoms with Crippen LogP contribution in [0.3, 0.4) is 0 Å². The van der Waals surface area contributed by atoms with Gasteiger partial charge in [0.05, 0.1) is 0 Å². The number of aryl methyl sites for hydroxylation is 1. The molecule has 0 radical (unpaired) electrons. The van der Waals surface area contributed by atoms with Gasteiger partial charge in [-0.25, -0.2) is 0 Å². The van der Waals surface area contributed by atoms with E-state index in [1.165, 1.54) is 25.7 Å². The summed E-state index contributed by atoms with van der Waals surface area (Å²) in [5.74, 6) is 5.46. The normalized spacial score (nSPS) is 52.6. The van der Waals surface area contributed by atoms with E-state index in [0.717, 1.165) is 40.4 Å². The summed E-state index contributed by atoms with van der Waals surface area (Å²) >= 11 is 0. The summed E-state index contributed by atoms with van der Waals surface area (Å²) in [7, 11) is 0. The van der Waals surface area contributed by atoms with Gasteiger partial charge in [0, 0.05) is 0 Å². The monoisotopic (exact) mass is 400 g/mol. The van der Waals surface area contributed by atoms with E-state index in [4.69, 9.17) is 0 Å². The van der Waals surface area contributed by atoms with Crippen LogP contribution in [0.4, 0.5) is 0 Å². The predicted octanol–water partition coefficient (Wildman–Crippen LogP) is 7.62. The Balaban J connectivity index is 1.26. The lowest BCUT2D eigenvalue weighted by Crippen LogP contribution is -2.63. The molecule has 0 saturated heterocycles. The average molecular weight is 401 g/mol. The second-order valence-electron chi connectivity index (χ2n) is 13.9. The molecule has 10 rings (SSSR count). The maximum Gasteiger partial charge on any atom is -0.00334 e. The molecule has 30 heavy (non-hydrogen) atoms. The minimum atomic E-state index is 0.566. The molecule has 9 aliphatic rings. The van der Waals surface area contributed by atoms with E-state index in [-0.39, 0.29) is 0 Å². The van der Waals surface area contributed by atoms with Crippen molar-refractivity contribution in [3.63, 3.8) is 0 Å². The Morgan fingerprint density at radius 2 is 1.20 bits per heavy atom. The molecule has 0 spiro atoms. The summed E-state index contributed by atoms with van der Waals surface area (Å²) in [5.41, 5.74) is 7.51. The highest BCUT2D eigenvalue weighted by Crippen LogP contribution is 2.77. The van der Waals surface area contributed by atoms with Crippen LogP contribution in [0, 0.1) is 40.4 Å². The minimum Gasteiger partial charge on any atom is -0.0617 e. The first kappa shape index (κ1) is 17.7. The van der Waals surface area contributed by atoms with Gasteiger partial charge in [0.1, 0.15) is 0 Å². The van der Waals surface area contributed by atoms with Gasteiger partial charge in [-0.2, -0.15) is 0 Å². The number of hydrogen-bond donors (Lipinski definition) is 0. The maximum atomic E-state index is 2.63. The fourth-order valence-electron chi connectivity index (χ4n) is 12.2. The Hall–Kier alpha value is -0.780. The molecule has 2 unspecified atom stereocenters. The largest absolute Gasteiger partial charge is 0.0617 e. The van der Waals surface area contributed by atoms with Gasteiger partial charge in [0.15, 0.2) is 0 Å². The zero-order valence-corrected chi connectivity index (χ0v) is 18.9. The van der Waals surface area contributed by atoms with Crippen molar-refractivity contribution in [3.8, 4) is 0 Å². The summed E-state index contributed by atoms with van der Waals surface area (Å²) in [6.07, 6.45) is 24.9. The summed E-state index contributed by atoms with van der Waals surface area (Å²) < 4.78 is 0. The van der Waals surface area contributed by atoms with E-state index in [0.29, 0.717) is 5.41 Å².